The van der Waals surface area contributed by atoms with E-state index in [1.165, 1.54) is 18.7 Å². The van der Waals surface area contributed by atoms with E-state index in [0.717, 1.165) is 5.69 Å². The summed E-state index contributed by atoms with van der Waals surface area (Å²) in [6.07, 6.45) is 1.63. The average Bonchev–Trinajstić information content (AvgIpc) is 2.29. The molecule has 1 heterocycles. The van der Waals surface area contributed by atoms with Crippen LogP contribution in [-0.4, -0.2) is 33.9 Å². The van der Waals surface area contributed by atoms with Crippen LogP contribution in [0.2, 0.25) is 0 Å². The second-order valence-corrected chi connectivity index (χ2v) is 4.41. The van der Waals surface area contributed by atoms with Gasteiger partial charge in [0.05, 0.1) is 12.2 Å². The topological polar surface area (TPSA) is 70.5 Å². The molecule has 0 unspecified atom stereocenters. The summed E-state index contributed by atoms with van der Waals surface area (Å²) in [6, 6.07) is 5.40. The molecule has 1 aromatic heterocycles. The molecular weight excluding hydrogens is 220 g/mol. The van der Waals surface area contributed by atoms with Crippen LogP contribution < -0.4 is 0 Å². The van der Waals surface area contributed by atoms with Gasteiger partial charge in [0.1, 0.15) is 5.41 Å². The Morgan fingerprint density at radius 2 is 2.06 bits per heavy atom. The van der Waals surface area contributed by atoms with Crippen molar-refractivity contribution < 1.29 is 14.7 Å². The number of carbonyl (C=O) groups is 2. The monoisotopic (exact) mass is 236 g/mol. The fourth-order valence-electron chi connectivity index (χ4n) is 1.38. The molecule has 1 rings (SSSR count). The van der Waals surface area contributed by atoms with E-state index >= 15 is 0 Å². The van der Waals surface area contributed by atoms with Gasteiger partial charge in [0.25, 0.3) is 0 Å². The summed E-state index contributed by atoms with van der Waals surface area (Å²) in [5.41, 5.74) is -0.687. The van der Waals surface area contributed by atoms with Gasteiger partial charge in [-0.25, -0.2) is 0 Å². The number of carbonyl (C=O) groups excluding carboxylic acids is 1. The van der Waals surface area contributed by atoms with Crippen molar-refractivity contribution in [2.45, 2.75) is 20.4 Å². The molecule has 0 aliphatic carbocycles. The van der Waals surface area contributed by atoms with Gasteiger partial charge < -0.3 is 10.0 Å². The van der Waals surface area contributed by atoms with Gasteiger partial charge in [-0.1, -0.05) is 6.07 Å². The Bertz CT molecular complexity index is 415. The predicted octanol–water partition coefficient (Wildman–Crippen LogP) is 1.15. The molecule has 0 aromatic carbocycles. The molecule has 1 amide bonds. The van der Waals surface area contributed by atoms with Crippen molar-refractivity contribution in [1.82, 2.24) is 9.88 Å². The SMILES string of the molecule is CN(Cc1ccccn1)C(=O)C(C)(C)C(=O)O. The molecule has 0 saturated carbocycles. The van der Waals surface area contributed by atoms with Crippen molar-refractivity contribution >= 4 is 11.9 Å². The number of aromatic nitrogens is 1. The predicted molar refractivity (Wildman–Crippen MR) is 62.1 cm³/mol. The molecule has 0 atom stereocenters. The first-order chi connectivity index (χ1) is 7.85. The summed E-state index contributed by atoms with van der Waals surface area (Å²) in [7, 11) is 1.57. The first kappa shape index (κ1) is 13.2. The molecule has 5 nitrogen and oxygen atoms in total. The maximum Gasteiger partial charge on any atom is 0.318 e. The van der Waals surface area contributed by atoms with E-state index in [0.29, 0.717) is 6.54 Å². The van der Waals surface area contributed by atoms with E-state index in [1.54, 1.807) is 25.4 Å². The number of hydrogen-bond acceptors (Lipinski definition) is 3. The van der Waals surface area contributed by atoms with E-state index in [-0.39, 0.29) is 0 Å². The van der Waals surface area contributed by atoms with Crippen LogP contribution in [0.5, 0.6) is 0 Å². The van der Waals surface area contributed by atoms with E-state index < -0.39 is 17.3 Å². The highest BCUT2D eigenvalue weighted by molar-refractivity contribution is 6.00. The number of pyridine rings is 1. The van der Waals surface area contributed by atoms with Gasteiger partial charge in [-0.3, -0.25) is 14.6 Å². The molecule has 0 aliphatic rings. The van der Waals surface area contributed by atoms with Crippen LogP contribution >= 0.6 is 0 Å². The van der Waals surface area contributed by atoms with Crippen LogP contribution in [0.3, 0.4) is 0 Å². The zero-order valence-corrected chi connectivity index (χ0v) is 10.2. The van der Waals surface area contributed by atoms with Crippen LogP contribution in [-0.2, 0) is 16.1 Å². The summed E-state index contributed by atoms with van der Waals surface area (Å²) in [5.74, 6) is -1.56. The maximum atomic E-state index is 11.9. The number of nitrogens with zero attached hydrogens (tertiary/aromatic N) is 2. The number of aliphatic carboxylic acids is 1. The van der Waals surface area contributed by atoms with E-state index in [2.05, 4.69) is 4.98 Å². The minimum atomic E-state index is -1.41. The van der Waals surface area contributed by atoms with Crippen LogP contribution in [0.1, 0.15) is 19.5 Å². The largest absolute Gasteiger partial charge is 0.480 e. The van der Waals surface area contributed by atoms with Gasteiger partial charge >= 0.3 is 5.97 Å². The van der Waals surface area contributed by atoms with Crippen molar-refractivity contribution in [3.8, 4) is 0 Å². The lowest BCUT2D eigenvalue weighted by Gasteiger charge is -2.25. The highest BCUT2D eigenvalue weighted by atomic mass is 16.4. The second-order valence-electron chi connectivity index (χ2n) is 4.41. The Hall–Kier alpha value is -1.91. The zero-order valence-electron chi connectivity index (χ0n) is 10.2. The standard InChI is InChI=1S/C12H16N2O3/c1-12(2,11(16)17)10(15)14(3)8-9-6-4-5-7-13-9/h4-7H,8H2,1-3H3,(H,16,17). The highest BCUT2D eigenvalue weighted by Crippen LogP contribution is 2.19. The molecule has 17 heavy (non-hydrogen) atoms. The lowest BCUT2D eigenvalue weighted by atomic mass is 9.92. The Kier molecular flexibility index (Phi) is 3.83. The number of carboxylic acid groups (broad SMARTS) is 1. The van der Waals surface area contributed by atoms with Gasteiger partial charge in [-0.2, -0.15) is 0 Å². The molecule has 1 aromatic rings. The molecule has 92 valence electrons. The summed E-state index contributed by atoms with van der Waals surface area (Å²) < 4.78 is 0. The maximum absolute atomic E-state index is 11.9. The third-order valence-electron chi connectivity index (χ3n) is 2.54. The van der Waals surface area contributed by atoms with Crippen LogP contribution in [0.15, 0.2) is 24.4 Å². The summed E-state index contributed by atoms with van der Waals surface area (Å²) in [5, 5.41) is 8.96. The van der Waals surface area contributed by atoms with Crippen molar-refractivity contribution in [3.05, 3.63) is 30.1 Å². The Balaban J connectivity index is 2.75. The fourth-order valence-corrected chi connectivity index (χ4v) is 1.38. The number of carboxylic acids is 1. The molecule has 5 heteroatoms. The van der Waals surface area contributed by atoms with Crippen molar-refractivity contribution in [3.63, 3.8) is 0 Å². The summed E-state index contributed by atoms with van der Waals surface area (Å²) in [6.45, 7) is 3.09. The third-order valence-corrected chi connectivity index (χ3v) is 2.54. The molecule has 0 radical (unpaired) electrons. The van der Waals surface area contributed by atoms with Gasteiger partial charge in [0.2, 0.25) is 5.91 Å². The van der Waals surface area contributed by atoms with Gasteiger partial charge in [0, 0.05) is 13.2 Å². The van der Waals surface area contributed by atoms with Crippen LogP contribution in [0.4, 0.5) is 0 Å². The van der Waals surface area contributed by atoms with Crippen LogP contribution in [0, 0.1) is 5.41 Å². The van der Waals surface area contributed by atoms with Crippen molar-refractivity contribution in [2.24, 2.45) is 5.41 Å². The van der Waals surface area contributed by atoms with E-state index in [9.17, 15) is 9.59 Å². The average molecular weight is 236 g/mol. The second kappa shape index (κ2) is 4.95. The molecule has 1 N–H and O–H groups in total. The number of hydrogen-bond donors (Lipinski definition) is 1. The minimum Gasteiger partial charge on any atom is -0.480 e. The quantitative estimate of drug-likeness (QED) is 0.796. The molecule has 0 fully saturated rings. The minimum absolute atomic E-state index is 0.302. The first-order valence-electron chi connectivity index (χ1n) is 5.24. The summed E-state index contributed by atoms with van der Waals surface area (Å²) >= 11 is 0. The van der Waals surface area contributed by atoms with Gasteiger partial charge in [-0.05, 0) is 26.0 Å². The molecular formula is C12H16N2O3. The molecule has 0 aliphatic heterocycles. The highest BCUT2D eigenvalue weighted by Gasteiger charge is 2.38. The fraction of sp³-hybridized carbons (Fsp3) is 0.417. The molecule has 0 saturated heterocycles. The lowest BCUT2D eigenvalue weighted by Crippen LogP contribution is -2.43. The molecule has 0 bridgehead atoms. The Labute approximate surface area is 100 Å². The van der Waals surface area contributed by atoms with Gasteiger partial charge in [0.15, 0.2) is 0 Å². The van der Waals surface area contributed by atoms with Crippen LogP contribution in [0.25, 0.3) is 0 Å². The Morgan fingerprint density at radius 1 is 1.41 bits per heavy atom. The van der Waals surface area contributed by atoms with E-state index in [4.69, 9.17) is 5.11 Å². The van der Waals surface area contributed by atoms with Gasteiger partial charge in [-0.15, -0.1) is 0 Å². The summed E-state index contributed by atoms with van der Waals surface area (Å²) in [4.78, 5) is 28.3. The van der Waals surface area contributed by atoms with E-state index in [1.807, 2.05) is 6.07 Å². The Morgan fingerprint density at radius 3 is 2.53 bits per heavy atom. The molecule has 0 spiro atoms. The normalized spacial score (nSPS) is 11.0. The third kappa shape index (κ3) is 3.03. The zero-order chi connectivity index (χ0) is 13.1. The smallest absolute Gasteiger partial charge is 0.318 e. The van der Waals surface area contributed by atoms with Crippen molar-refractivity contribution in [1.29, 1.82) is 0 Å². The number of amides is 1. The van der Waals surface area contributed by atoms with Crippen molar-refractivity contribution in [2.75, 3.05) is 7.05 Å². The first-order valence-corrected chi connectivity index (χ1v) is 5.24. The lowest BCUT2D eigenvalue weighted by molar-refractivity contribution is -0.157. The number of rotatable bonds is 4.